The first-order valence-corrected chi connectivity index (χ1v) is 8.33. The van der Waals surface area contributed by atoms with E-state index >= 15 is 0 Å². The predicted octanol–water partition coefficient (Wildman–Crippen LogP) is 4.06. The van der Waals surface area contributed by atoms with Crippen molar-refractivity contribution in [1.82, 2.24) is 10.2 Å². The number of alkyl halides is 4. The van der Waals surface area contributed by atoms with Crippen LogP contribution in [-0.2, 0) is 0 Å². The van der Waals surface area contributed by atoms with Gasteiger partial charge < -0.3 is 10.1 Å². The minimum atomic E-state index is -4.48. The van der Waals surface area contributed by atoms with Crippen molar-refractivity contribution < 1.29 is 22.3 Å². The Morgan fingerprint density at radius 1 is 1.25 bits per heavy atom. The second kappa shape index (κ2) is 8.67. The Bertz CT molecular complexity index is 507. The number of unbranched alkanes of at least 4 members (excludes halogenated alkanes) is 1. The lowest BCUT2D eigenvalue weighted by molar-refractivity contribution is -0.253. The summed E-state index contributed by atoms with van der Waals surface area (Å²) in [6.45, 7) is 5.58. The smallest absolute Gasteiger partial charge is 0.428 e. The molecule has 1 atom stereocenters. The number of ether oxygens (including phenoxy) is 1. The number of hydrogen-bond donors (Lipinski definition) is 1. The van der Waals surface area contributed by atoms with Gasteiger partial charge in [-0.05, 0) is 24.1 Å². The van der Waals surface area contributed by atoms with Crippen LogP contribution in [0.2, 0.25) is 0 Å². The lowest BCUT2D eigenvalue weighted by atomic mass is 9.98. The van der Waals surface area contributed by atoms with Crippen LogP contribution in [0.25, 0.3) is 0 Å². The zero-order valence-electron chi connectivity index (χ0n) is 13.8. The van der Waals surface area contributed by atoms with Crippen LogP contribution in [0.5, 0.6) is 5.75 Å². The Hall–Kier alpha value is -1.34. The van der Waals surface area contributed by atoms with E-state index in [-0.39, 0.29) is 11.8 Å². The summed E-state index contributed by atoms with van der Waals surface area (Å²) in [5.41, 5.74) is 0.827. The van der Waals surface area contributed by atoms with E-state index in [1.165, 1.54) is 12.1 Å². The summed E-state index contributed by atoms with van der Waals surface area (Å²) in [6, 6.07) is 6.24. The fourth-order valence-electron chi connectivity index (χ4n) is 2.94. The molecule has 1 aliphatic rings. The maximum Gasteiger partial charge on any atom is 0.461 e. The normalized spacial score (nSPS) is 17.9. The van der Waals surface area contributed by atoms with Crippen LogP contribution in [0.3, 0.4) is 0 Å². The molecule has 24 heavy (non-hydrogen) atoms. The van der Waals surface area contributed by atoms with Gasteiger partial charge in [0.2, 0.25) is 0 Å². The van der Waals surface area contributed by atoms with Gasteiger partial charge in [0.25, 0.3) is 0 Å². The molecule has 7 heteroatoms. The molecular weight excluding hydrogens is 324 g/mol. The summed E-state index contributed by atoms with van der Waals surface area (Å²) in [7, 11) is 0. The molecule has 0 spiro atoms. The lowest BCUT2D eigenvalue weighted by Gasteiger charge is -2.35. The van der Waals surface area contributed by atoms with Gasteiger partial charge >= 0.3 is 12.5 Å². The zero-order valence-corrected chi connectivity index (χ0v) is 13.8. The molecule has 136 valence electrons. The third-order valence-electron chi connectivity index (χ3n) is 4.17. The molecule has 1 N–H and O–H groups in total. The van der Waals surface area contributed by atoms with E-state index in [2.05, 4.69) is 21.9 Å². The van der Waals surface area contributed by atoms with Crippen molar-refractivity contribution in [2.75, 3.05) is 26.2 Å². The molecule has 0 amide bonds. The Morgan fingerprint density at radius 2 is 1.96 bits per heavy atom. The molecule has 0 saturated carbocycles. The number of nitrogens with zero attached hydrogens (tertiary/aromatic N) is 1. The molecule has 1 heterocycles. The minimum Gasteiger partial charge on any atom is -0.428 e. The first kappa shape index (κ1) is 19.0. The van der Waals surface area contributed by atoms with Crippen molar-refractivity contribution in [1.29, 1.82) is 0 Å². The maximum atomic E-state index is 13.1. The average molecular weight is 348 g/mol. The first-order valence-electron chi connectivity index (χ1n) is 8.33. The molecule has 0 aromatic heterocycles. The topological polar surface area (TPSA) is 24.5 Å². The summed E-state index contributed by atoms with van der Waals surface area (Å²) in [6.07, 6.45) is -5.41. The summed E-state index contributed by atoms with van der Waals surface area (Å²) in [5.74, 6) is -0.227. The summed E-state index contributed by atoms with van der Waals surface area (Å²) in [4.78, 5) is 2.30. The SMILES string of the molecule is CCCC[C@@H](c1cccc(OC(F)(F)C(F)F)c1)N1CCNCC1. The molecular formula is C17H24F4N2O. The molecule has 0 radical (unpaired) electrons. The Morgan fingerprint density at radius 3 is 2.58 bits per heavy atom. The number of benzene rings is 1. The van der Waals surface area contributed by atoms with Gasteiger partial charge in [0.05, 0.1) is 0 Å². The molecule has 2 rings (SSSR count). The lowest BCUT2D eigenvalue weighted by Crippen LogP contribution is -2.45. The summed E-state index contributed by atoms with van der Waals surface area (Å²) < 4.78 is 55.1. The van der Waals surface area contributed by atoms with Crippen LogP contribution < -0.4 is 10.1 Å². The number of halogens is 4. The number of hydrogen-bond acceptors (Lipinski definition) is 3. The van der Waals surface area contributed by atoms with Gasteiger partial charge in [-0.1, -0.05) is 31.9 Å². The van der Waals surface area contributed by atoms with Crippen molar-refractivity contribution in [3.8, 4) is 5.75 Å². The molecule has 0 bridgehead atoms. The van der Waals surface area contributed by atoms with Crippen LogP contribution in [0.15, 0.2) is 24.3 Å². The number of nitrogens with one attached hydrogen (secondary N) is 1. The first-order chi connectivity index (χ1) is 11.4. The summed E-state index contributed by atoms with van der Waals surface area (Å²) >= 11 is 0. The van der Waals surface area contributed by atoms with E-state index in [4.69, 9.17) is 0 Å². The van der Waals surface area contributed by atoms with E-state index in [9.17, 15) is 17.6 Å². The molecule has 1 aliphatic heterocycles. The molecule has 1 saturated heterocycles. The highest BCUT2D eigenvalue weighted by Gasteiger charge is 2.44. The van der Waals surface area contributed by atoms with Crippen LogP contribution in [0.1, 0.15) is 37.8 Å². The second-order valence-electron chi connectivity index (χ2n) is 5.98. The third-order valence-corrected chi connectivity index (χ3v) is 4.17. The van der Waals surface area contributed by atoms with Gasteiger partial charge in [-0.25, -0.2) is 0 Å². The van der Waals surface area contributed by atoms with Crippen LogP contribution in [0, 0.1) is 0 Å². The van der Waals surface area contributed by atoms with Crippen LogP contribution in [0.4, 0.5) is 17.6 Å². The van der Waals surface area contributed by atoms with Crippen molar-refractivity contribution in [3.63, 3.8) is 0 Å². The van der Waals surface area contributed by atoms with Crippen LogP contribution in [-0.4, -0.2) is 43.6 Å². The van der Waals surface area contributed by atoms with E-state index in [1.54, 1.807) is 6.07 Å². The van der Waals surface area contributed by atoms with Crippen LogP contribution >= 0.6 is 0 Å². The molecule has 0 unspecified atom stereocenters. The van der Waals surface area contributed by atoms with Crippen molar-refractivity contribution in [2.45, 2.75) is 44.8 Å². The maximum absolute atomic E-state index is 13.1. The standard InChI is InChI=1S/C17H24F4N2O/c1-2-3-7-15(23-10-8-22-9-11-23)13-5-4-6-14(12-13)24-17(20,21)16(18)19/h4-6,12,15-16,22H,2-3,7-11H2,1H3/t15-/m0/s1. The van der Waals surface area contributed by atoms with Gasteiger partial charge in [0.15, 0.2) is 0 Å². The third kappa shape index (κ3) is 5.08. The fraction of sp³-hybridized carbons (Fsp3) is 0.647. The van der Waals surface area contributed by atoms with Crippen molar-refractivity contribution in [3.05, 3.63) is 29.8 Å². The largest absolute Gasteiger partial charge is 0.461 e. The van der Waals surface area contributed by atoms with E-state index in [0.29, 0.717) is 0 Å². The molecule has 0 aliphatic carbocycles. The van der Waals surface area contributed by atoms with E-state index in [1.807, 2.05) is 6.07 Å². The number of piperazine rings is 1. The Labute approximate surface area is 140 Å². The number of rotatable bonds is 8. The highest BCUT2D eigenvalue weighted by Crippen LogP contribution is 2.32. The Kier molecular flexibility index (Phi) is 6.86. The molecule has 3 nitrogen and oxygen atoms in total. The summed E-state index contributed by atoms with van der Waals surface area (Å²) in [5, 5.41) is 3.28. The molecule has 1 aromatic carbocycles. The molecule has 1 aromatic rings. The quantitative estimate of drug-likeness (QED) is 0.717. The highest BCUT2D eigenvalue weighted by atomic mass is 19.3. The van der Waals surface area contributed by atoms with Gasteiger partial charge in [0.1, 0.15) is 5.75 Å². The van der Waals surface area contributed by atoms with Crippen molar-refractivity contribution >= 4 is 0 Å². The van der Waals surface area contributed by atoms with Crippen molar-refractivity contribution in [2.24, 2.45) is 0 Å². The van der Waals surface area contributed by atoms with Gasteiger partial charge in [-0.3, -0.25) is 4.90 Å². The average Bonchev–Trinajstić information content (AvgIpc) is 2.56. The highest BCUT2D eigenvalue weighted by molar-refractivity contribution is 5.31. The minimum absolute atomic E-state index is 0.0794. The predicted molar refractivity (Wildman–Crippen MR) is 84.7 cm³/mol. The monoisotopic (exact) mass is 348 g/mol. The zero-order chi connectivity index (χ0) is 17.6. The van der Waals surface area contributed by atoms with E-state index < -0.39 is 12.5 Å². The Balaban J connectivity index is 2.18. The van der Waals surface area contributed by atoms with E-state index in [0.717, 1.165) is 51.0 Å². The van der Waals surface area contributed by atoms with Gasteiger partial charge in [0, 0.05) is 32.2 Å². The fourth-order valence-corrected chi connectivity index (χ4v) is 2.94. The van der Waals surface area contributed by atoms with Gasteiger partial charge in [-0.15, -0.1) is 0 Å². The second-order valence-corrected chi connectivity index (χ2v) is 5.98. The molecule has 1 fully saturated rings. The van der Waals surface area contributed by atoms with Gasteiger partial charge in [-0.2, -0.15) is 17.6 Å².